The molecule has 108 valence electrons. The summed E-state index contributed by atoms with van der Waals surface area (Å²) in [6.45, 7) is 2.90. The fourth-order valence-corrected chi connectivity index (χ4v) is 2.91. The molecule has 0 aliphatic heterocycles. The Morgan fingerprint density at radius 3 is 2.63 bits per heavy atom. The smallest absolute Gasteiger partial charge is 0.162 e. The number of aliphatic hydroxyl groups is 1. The highest BCUT2D eigenvalue weighted by atomic mass is 16.5. The largest absolute Gasteiger partial charge is 0.493 e. The number of ether oxygens (including phenoxy) is 2. The highest BCUT2D eigenvalue weighted by Crippen LogP contribution is 2.41. The van der Waals surface area contributed by atoms with Crippen LogP contribution >= 0.6 is 0 Å². The first-order valence-corrected chi connectivity index (χ1v) is 7.00. The average molecular weight is 268 g/mol. The zero-order chi connectivity index (χ0) is 13.9. The van der Waals surface area contributed by atoms with Crippen molar-refractivity contribution in [2.24, 2.45) is 0 Å². The molecule has 5 heteroatoms. The van der Waals surface area contributed by atoms with Gasteiger partial charge >= 0.3 is 0 Å². The van der Waals surface area contributed by atoms with E-state index in [0.717, 1.165) is 31.5 Å². The Morgan fingerprint density at radius 1 is 1.42 bits per heavy atom. The minimum absolute atomic E-state index is 0.258. The Bertz CT molecular complexity index is 409. The minimum atomic E-state index is -0.841. The topological polar surface area (TPSA) is 56.5 Å². The molecule has 1 aromatic heterocycles. The van der Waals surface area contributed by atoms with Crippen LogP contribution in [-0.4, -0.2) is 35.2 Å². The number of aryl methyl sites for hydroxylation is 1. The van der Waals surface area contributed by atoms with Crippen LogP contribution < -0.4 is 4.74 Å². The van der Waals surface area contributed by atoms with Gasteiger partial charge < -0.3 is 14.6 Å². The van der Waals surface area contributed by atoms with Crippen LogP contribution in [0.25, 0.3) is 0 Å². The third-order valence-corrected chi connectivity index (χ3v) is 4.00. The number of hydrogen-bond acceptors (Lipinski definition) is 4. The molecule has 2 rings (SSSR count). The van der Waals surface area contributed by atoms with Crippen molar-refractivity contribution in [1.29, 1.82) is 0 Å². The first-order chi connectivity index (χ1) is 9.14. The fraction of sp³-hybridized carbons (Fsp3) is 0.786. The summed E-state index contributed by atoms with van der Waals surface area (Å²) in [5.74, 6) is 0.687. The zero-order valence-corrected chi connectivity index (χ0v) is 12.1. The maximum Gasteiger partial charge on any atom is 0.162 e. The van der Waals surface area contributed by atoms with Gasteiger partial charge in [-0.1, -0.05) is 6.92 Å². The monoisotopic (exact) mass is 268 g/mol. The van der Waals surface area contributed by atoms with Gasteiger partial charge in [0.25, 0.3) is 0 Å². The summed E-state index contributed by atoms with van der Waals surface area (Å²) >= 11 is 0. The number of methoxy groups -OCH3 is 2. The number of hydrogen-bond donors (Lipinski definition) is 1. The summed E-state index contributed by atoms with van der Waals surface area (Å²) < 4.78 is 12.6. The lowest BCUT2D eigenvalue weighted by Gasteiger charge is -2.36. The summed E-state index contributed by atoms with van der Waals surface area (Å²) in [6.07, 6.45) is 6.06. The van der Waals surface area contributed by atoms with Crippen molar-refractivity contribution in [3.63, 3.8) is 0 Å². The van der Waals surface area contributed by atoms with Crippen LogP contribution in [0.15, 0.2) is 6.20 Å². The first-order valence-electron chi connectivity index (χ1n) is 7.00. The molecule has 0 saturated heterocycles. The SMILES string of the molecule is CCCn1ncc(OC)c1C1(O)CCC(OC)CC1. The zero-order valence-electron chi connectivity index (χ0n) is 12.1. The highest BCUT2D eigenvalue weighted by Gasteiger charge is 2.39. The van der Waals surface area contributed by atoms with Crippen molar-refractivity contribution >= 4 is 0 Å². The van der Waals surface area contributed by atoms with E-state index in [-0.39, 0.29) is 6.10 Å². The van der Waals surface area contributed by atoms with Crippen LogP contribution in [0.1, 0.15) is 44.7 Å². The number of aromatic nitrogens is 2. The van der Waals surface area contributed by atoms with Gasteiger partial charge in [-0.05, 0) is 32.1 Å². The van der Waals surface area contributed by atoms with Crippen LogP contribution in [0.4, 0.5) is 0 Å². The second-order valence-corrected chi connectivity index (χ2v) is 5.25. The van der Waals surface area contributed by atoms with Gasteiger partial charge in [0.05, 0.1) is 19.4 Å². The standard InChI is InChI=1S/C14H24N2O3/c1-4-9-16-13(12(19-3)10-15-16)14(17)7-5-11(18-2)6-8-14/h10-11,17H,4-9H2,1-3H3. The van der Waals surface area contributed by atoms with Gasteiger partial charge in [0.2, 0.25) is 0 Å². The predicted octanol–water partition coefficient (Wildman–Crippen LogP) is 2.08. The molecule has 1 saturated carbocycles. The van der Waals surface area contributed by atoms with Gasteiger partial charge in [-0.15, -0.1) is 0 Å². The lowest BCUT2D eigenvalue weighted by molar-refractivity contribution is -0.0538. The molecular weight excluding hydrogens is 244 g/mol. The molecule has 1 heterocycles. The van der Waals surface area contributed by atoms with Crippen molar-refractivity contribution in [3.05, 3.63) is 11.9 Å². The Kier molecular flexibility index (Phi) is 4.47. The minimum Gasteiger partial charge on any atom is -0.493 e. The van der Waals surface area contributed by atoms with E-state index in [4.69, 9.17) is 9.47 Å². The van der Waals surface area contributed by atoms with E-state index in [1.54, 1.807) is 20.4 Å². The van der Waals surface area contributed by atoms with Gasteiger partial charge in [0.15, 0.2) is 5.75 Å². The molecule has 0 spiro atoms. The van der Waals surface area contributed by atoms with Crippen LogP contribution in [0.2, 0.25) is 0 Å². The predicted molar refractivity (Wildman–Crippen MR) is 72.2 cm³/mol. The lowest BCUT2D eigenvalue weighted by atomic mass is 9.80. The van der Waals surface area contributed by atoms with E-state index >= 15 is 0 Å². The van der Waals surface area contributed by atoms with Gasteiger partial charge in [-0.2, -0.15) is 5.10 Å². The summed E-state index contributed by atoms with van der Waals surface area (Å²) in [7, 11) is 3.36. The molecule has 19 heavy (non-hydrogen) atoms. The Balaban J connectivity index is 2.26. The molecule has 1 aliphatic carbocycles. The Morgan fingerprint density at radius 2 is 2.11 bits per heavy atom. The second kappa shape index (κ2) is 5.92. The normalized spacial score (nSPS) is 27.5. The van der Waals surface area contributed by atoms with E-state index in [2.05, 4.69) is 12.0 Å². The number of rotatable bonds is 5. The molecule has 1 N–H and O–H groups in total. The molecule has 1 fully saturated rings. The summed E-state index contributed by atoms with van der Waals surface area (Å²) in [5, 5.41) is 15.3. The van der Waals surface area contributed by atoms with E-state index < -0.39 is 5.60 Å². The lowest BCUT2D eigenvalue weighted by Crippen LogP contribution is -2.36. The van der Waals surface area contributed by atoms with E-state index in [1.165, 1.54) is 0 Å². The second-order valence-electron chi connectivity index (χ2n) is 5.25. The summed E-state index contributed by atoms with van der Waals surface area (Å²) in [4.78, 5) is 0. The molecule has 0 radical (unpaired) electrons. The van der Waals surface area contributed by atoms with E-state index in [9.17, 15) is 5.11 Å². The van der Waals surface area contributed by atoms with Gasteiger partial charge in [0, 0.05) is 13.7 Å². The van der Waals surface area contributed by atoms with Crippen LogP contribution in [0, 0.1) is 0 Å². The van der Waals surface area contributed by atoms with Crippen molar-refractivity contribution in [1.82, 2.24) is 9.78 Å². The highest BCUT2D eigenvalue weighted by molar-refractivity contribution is 5.31. The van der Waals surface area contributed by atoms with Crippen LogP contribution in [0.5, 0.6) is 5.75 Å². The molecule has 0 amide bonds. The number of nitrogens with zero attached hydrogens (tertiary/aromatic N) is 2. The summed E-state index contributed by atoms with van der Waals surface area (Å²) in [5.41, 5.74) is -0.0159. The van der Waals surface area contributed by atoms with Crippen LogP contribution in [0.3, 0.4) is 0 Å². The Labute approximate surface area is 114 Å². The molecule has 1 aliphatic rings. The maximum atomic E-state index is 11.0. The maximum absolute atomic E-state index is 11.0. The van der Waals surface area contributed by atoms with Crippen LogP contribution in [-0.2, 0) is 16.9 Å². The van der Waals surface area contributed by atoms with Crippen molar-refractivity contribution in [3.8, 4) is 5.75 Å². The van der Waals surface area contributed by atoms with E-state index in [0.29, 0.717) is 18.6 Å². The van der Waals surface area contributed by atoms with Gasteiger partial charge in [0.1, 0.15) is 11.3 Å². The van der Waals surface area contributed by atoms with Crippen molar-refractivity contribution in [2.45, 2.75) is 57.3 Å². The average Bonchev–Trinajstić information content (AvgIpc) is 2.84. The summed E-state index contributed by atoms with van der Waals surface area (Å²) in [6, 6.07) is 0. The molecule has 1 aromatic rings. The fourth-order valence-electron chi connectivity index (χ4n) is 2.91. The van der Waals surface area contributed by atoms with E-state index in [1.807, 2.05) is 4.68 Å². The third-order valence-electron chi connectivity index (χ3n) is 4.00. The molecule has 5 nitrogen and oxygen atoms in total. The molecule has 0 bridgehead atoms. The Hall–Kier alpha value is -1.07. The molecular formula is C14H24N2O3. The quantitative estimate of drug-likeness (QED) is 0.888. The third kappa shape index (κ3) is 2.77. The molecule has 0 unspecified atom stereocenters. The van der Waals surface area contributed by atoms with Crippen molar-refractivity contribution < 1.29 is 14.6 Å². The van der Waals surface area contributed by atoms with Crippen molar-refractivity contribution in [2.75, 3.05) is 14.2 Å². The molecule has 0 atom stereocenters. The van der Waals surface area contributed by atoms with Gasteiger partial charge in [-0.25, -0.2) is 0 Å². The first kappa shape index (κ1) is 14.3. The molecule has 0 aromatic carbocycles. The van der Waals surface area contributed by atoms with Gasteiger partial charge in [-0.3, -0.25) is 4.68 Å².